The molecule has 0 aliphatic heterocycles. The Hall–Kier alpha value is -1.98. The van der Waals surface area contributed by atoms with Crippen LogP contribution < -0.4 is 5.32 Å². The number of benzene rings is 2. The van der Waals surface area contributed by atoms with Gasteiger partial charge in [0.25, 0.3) is 5.91 Å². The molecule has 0 aromatic heterocycles. The summed E-state index contributed by atoms with van der Waals surface area (Å²) in [5, 5.41) is 3.27. The van der Waals surface area contributed by atoms with Gasteiger partial charge in [-0.05, 0) is 29.8 Å². The molecule has 0 aliphatic carbocycles. The molecular formula is C18H18ClNO3S. The van der Waals surface area contributed by atoms with Crippen molar-refractivity contribution in [3.8, 4) is 0 Å². The van der Waals surface area contributed by atoms with E-state index in [1.807, 2.05) is 18.2 Å². The van der Waals surface area contributed by atoms with E-state index in [1.54, 1.807) is 36.0 Å². The molecule has 2 rings (SSSR count). The van der Waals surface area contributed by atoms with Crippen molar-refractivity contribution in [1.29, 1.82) is 0 Å². The molecule has 0 saturated carbocycles. The predicted molar refractivity (Wildman–Crippen MR) is 97.3 cm³/mol. The van der Waals surface area contributed by atoms with Gasteiger partial charge in [0.15, 0.2) is 6.61 Å². The van der Waals surface area contributed by atoms with Gasteiger partial charge in [-0.2, -0.15) is 11.8 Å². The fraction of sp³-hybridized carbons (Fsp3) is 0.222. The third-order valence-electron chi connectivity index (χ3n) is 3.09. The largest absolute Gasteiger partial charge is 0.452 e. The van der Waals surface area contributed by atoms with Crippen molar-refractivity contribution < 1.29 is 14.3 Å². The SMILES string of the molecule is O=C(COC(=O)c1ccc(Cl)cc1)NCCSCc1ccccc1. The quantitative estimate of drug-likeness (QED) is 0.575. The van der Waals surface area contributed by atoms with E-state index in [2.05, 4.69) is 17.4 Å². The van der Waals surface area contributed by atoms with Gasteiger partial charge < -0.3 is 10.1 Å². The van der Waals surface area contributed by atoms with Crippen LogP contribution in [0.5, 0.6) is 0 Å². The van der Waals surface area contributed by atoms with Gasteiger partial charge in [0.1, 0.15) is 0 Å². The second kappa shape index (κ2) is 10.0. The monoisotopic (exact) mass is 363 g/mol. The number of hydrogen-bond donors (Lipinski definition) is 1. The molecule has 4 nitrogen and oxygen atoms in total. The highest BCUT2D eigenvalue weighted by atomic mass is 35.5. The first-order valence-electron chi connectivity index (χ1n) is 7.46. The molecule has 0 radical (unpaired) electrons. The Bertz CT molecular complexity index is 662. The van der Waals surface area contributed by atoms with Crippen molar-refractivity contribution in [2.45, 2.75) is 5.75 Å². The van der Waals surface area contributed by atoms with Crippen molar-refractivity contribution in [2.24, 2.45) is 0 Å². The lowest BCUT2D eigenvalue weighted by Gasteiger charge is -2.07. The fourth-order valence-electron chi connectivity index (χ4n) is 1.88. The van der Waals surface area contributed by atoms with Crippen molar-refractivity contribution in [3.05, 3.63) is 70.7 Å². The van der Waals surface area contributed by atoms with Crippen LogP contribution in [0, 0.1) is 0 Å². The van der Waals surface area contributed by atoms with Gasteiger partial charge in [0.05, 0.1) is 5.56 Å². The zero-order valence-corrected chi connectivity index (χ0v) is 14.6. The topological polar surface area (TPSA) is 55.4 Å². The van der Waals surface area contributed by atoms with Crippen molar-refractivity contribution in [2.75, 3.05) is 18.9 Å². The molecule has 0 fully saturated rings. The summed E-state index contributed by atoms with van der Waals surface area (Å²) < 4.78 is 4.96. The van der Waals surface area contributed by atoms with E-state index in [0.717, 1.165) is 11.5 Å². The van der Waals surface area contributed by atoms with Crippen LogP contribution in [0.1, 0.15) is 15.9 Å². The third kappa shape index (κ3) is 6.64. The first-order valence-corrected chi connectivity index (χ1v) is 8.99. The van der Waals surface area contributed by atoms with E-state index in [1.165, 1.54) is 5.56 Å². The second-order valence-electron chi connectivity index (χ2n) is 4.97. The Balaban J connectivity index is 1.58. The molecule has 0 spiro atoms. The number of amides is 1. The maximum Gasteiger partial charge on any atom is 0.338 e. The number of carbonyl (C=O) groups is 2. The number of hydrogen-bond acceptors (Lipinski definition) is 4. The standard InChI is InChI=1S/C18H18ClNO3S/c19-16-8-6-15(7-9-16)18(22)23-12-17(21)20-10-11-24-13-14-4-2-1-3-5-14/h1-9H,10-13H2,(H,20,21). The number of esters is 1. The Morgan fingerprint density at radius 3 is 2.46 bits per heavy atom. The van der Waals surface area contributed by atoms with Crippen LogP contribution >= 0.6 is 23.4 Å². The number of ether oxygens (including phenoxy) is 1. The lowest BCUT2D eigenvalue weighted by Crippen LogP contribution is -2.30. The first kappa shape index (κ1) is 18.4. The van der Waals surface area contributed by atoms with E-state index in [4.69, 9.17) is 16.3 Å². The van der Waals surface area contributed by atoms with E-state index in [0.29, 0.717) is 17.1 Å². The highest BCUT2D eigenvalue weighted by Crippen LogP contribution is 2.11. The summed E-state index contributed by atoms with van der Waals surface area (Å²) >= 11 is 7.48. The summed E-state index contributed by atoms with van der Waals surface area (Å²) in [6.45, 7) is 0.250. The lowest BCUT2D eigenvalue weighted by molar-refractivity contribution is -0.124. The summed E-state index contributed by atoms with van der Waals surface area (Å²) in [7, 11) is 0. The van der Waals surface area contributed by atoms with Gasteiger partial charge in [-0.3, -0.25) is 4.79 Å². The van der Waals surface area contributed by atoms with Crippen LogP contribution in [0.25, 0.3) is 0 Å². The van der Waals surface area contributed by atoms with Crippen LogP contribution in [0.3, 0.4) is 0 Å². The second-order valence-corrected chi connectivity index (χ2v) is 6.51. The highest BCUT2D eigenvalue weighted by molar-refractivity contribution is 7.98. The van der Waals surface area contributed by atoms with Gasteiger partial charge in [0, 0.05) is 23.1 Å². The van der Waals surface area contributed by atoms with Crippen LogP contribution in [-0.4, -0.2) is 30.8 Å². The van der Waals surface area contributed by atoms with E-state index < -0.39 is 5.97 Å². The van der Waals surface area contributed by atoms with Gasteiger partial charge >= 0.3 is 5.97 Å². The number of carbonyl (C=O) groups excluding carboxylic acids is 2. The zero-order chi connectivity index (χ0) is 17.2. The van der Waals surface area contributed by atoms with Crippen LogP contribution in [0.15, 0.2) is 54.6 Å². The summed E-state index contributed by atoms with van der Waals surface area (Å²) in [5.74, 6) is 0.853. The molecule has 0 unspecified atom stereocenters. The molecule has 1 amide bonds. The van der Waals surface area contributed by atoms with Crippen LogP contribution in [0.2, 0.25) is 5.02 Å². The number of thioether (sulfide) groups is 1. The molecule has 0 heterocycles. The Kier molecular flexibility index (Phi) is 7.65. The van der Waals surface area contributed by atoms with Crippen LogP contribution in [-0.2, 0) is 15.3 Å². The highest BCUT2D eigenvalue weighted by Gasteiger charge is 2.09. The fourth-order valence-corrected chi connectivity index (χ4v) is 2.82. The molecule has 0 aliphatic rings. The van der Waals surface area contributed by atoms with Gasteiger partial charge in [-0.15, -0.1) is 0 Å². The summed E-state index contributed by atoms with van der Waals surface area (Å²) in [6.07, 6.45) is 0. The minimum absolute atomic E-state index is 0.287. The minimum atomic E-state index is -0.541. The average molecular weight is 364 g/mol. The molecule has 126 valence electrons. The number of nitrogens with one attached hydrogen (secondary N) is 1. The number of rotatable bonds is 8. The van der Waals surface area contributed by atoms with E-state index in [9.17, 15) is 9.59 Å². The van der Waals surface area contributed by atoms with Crippen LogP contribution in [0.4, 0.5) is 0 Å². The number of halogens is 1. The average Bonchev–Trinajstić information content (AvgIpc) is 2.61. The molecule has 6 heteroatoms. The van der Waals surface area contributed by atoms with Gasteiger partial charge in [-0.1, -0.05) is 41.9 Å². The Morgan fingerprint density at radius 2 is 1.75 bits per heavy atom. The Morgan fingerprint density at radius 1 is 1.04 bits per heavy atom. The minimum Gasteiger partial charge on any atom is -0.452 e. The maximum atomic E-state index is 11.7. The summed E-state index contributed by atoms with van der Waals surface area (Å²) in [5.41, 5.74) is 1.62. The molecule has 0 bridgehead atoms. The van der Waals surface area contributed by atoms with Crippen molar-refractivity contribution >= 4 is 35.2 Å². The van der Waals surface area contributed by atoms with E-state index >= 15 is 0 Å². The van der Waals surface area contributed by atoms with E-state index in [-0.39, 0.29) is 12.5 Å². The lowest BCUT2D eigenvalue weighted by atomic mass is 10.2. The smallest absolute Gasteiger partial charge is 0.338 e. The van der Waals surface area contributed by atoms with Crippen molar-refractivity contribution in [1.82, 2.24) is 5.32 Å². The third-order valence-corrected chi connectivity index (χ3v) is 4.38. The molecule has 1 N–H and O–H groups in total. The molecule has 0 atom stereocenters. The maximum absolute atomic E-state index is 11.7. The van der Waals surface area contributed by atoms with Gasteiger partial charge in [-0.25, -0.2) is 4.79 Å². The zero-order valence-electron chi connectivity index (χ0n) is 13.0. The molecule has 24 heavy (non-hydrogen) atoms. The molecular weight excluding hydrogens is 346 g/mol. The molecule has 0 saturated heterocycles. The predicted octanol–water partition coefficient (Wildman–Crippen LogP) is 3.55. The summed E-state index contributed by atoms with van der Waals surface area (Å²) in [6, 6.07) is 16.5. The van der Waals surface area contributed by atoms with Gasteiger partial charge in [0.2, 0.25) is 0 Å². The Labute approximate surface area is 150 Å². The molecule has 2 aromatic carbocycles. The summed E-state index contributed by atoms with van der Waals surface area (Å²) in [4.78, 5) is 23.4. The normalized spacial score (nSPS) is 10.2. The first-order chi connectivity index (χ1) is 11.6. The van der Waals surface area contributed by atoms with Crippen molar-refractivity contribution in [3.63, 3.8) is 0 Å². The molecule has 2 aromatic rings.